The lowest BCUT2D eigenvalue weighted by Crippen LogP contribution is -2.32. The molecule has 25 heavy (non-hydrogen) atoms. The van der Waals surface area contributed by atoms with E-state index in [0.29, 0.717) is 47.3 Å². The first-order valence-electron chi connectivity index (χ1n) is 8.56. The fourth-order valence-electron chi connectivity index (χ4n) is 2.50. The Morgan fingerprint density at radius 2 is 1.84 bits per heavy atom. The topological polar surface area (TPSA) is 66.8 Å². The first kappa shape index (κ1) is 19.5. The molecule has 2 amide bonds. The highest BCUT2D eigenvalue weighted by molar-refractivity contribution is 8.04. The van der Waals surface area contributed by atoms with Crippen LogP contribution >= 0.6 is 11.8 Å². The molecule has 6 heteroatoms. The second-order valence-electron chi connectivity index (χ2n) is 6.27. The van der Waals surface area contributed by atoms with E-state index in [1.165, 1.54) is 16.7 Å². The molecule has 1 heterocycles. The molecule has 0 atom stereocenters. The van der Waals surface area contributed by atoms with Gasteiger partial charge < -0.3 is 9.84 Å². The molecule has 5 nitrogen and oxygen atoms in total. The maximum absolute atomic E-state index is 12.7. The molecule has 1 aliphatic rings. The van der Waals surface area contributed by atoms with Crippen molar-refractivity contribution in [1.82, 2.24) is 4.90 Å². The van der Waals surface area contributed by atoms with Crippen LogP contribution in [0.5, 0.6) is 5.75 Å². The lowest BCUT2D eigenvalue weighted by Gasteiger charge is -2.13. The molecule has 0 aliphatic carbocycles. The van der Waals surface area contributed by atoms with Gasteiger partial charge in [0.25, 0.3) is 11.8 Å². The van der Waals surface area contributed by atoms with Crippen molar-refractivity contribution in [2.75, 3.05) is 25.5 Å². The molecular formula is C19H25NO4S. The summed E-state index contributed by atoms with van der Waals surface area (Å²) in [6, 6.07) is 7.26. The van der Waals surface area contributed by atoms with Crippen LogP contribution in [0.1, 0.15) is 32.8 Å². The van der Waals surface area contributed by atoms with Crippen LogP contribution in [0.25, 0.3) is 5.57 Å². The smallest absolute Gasteiger partial charge is 0.267 e. The van der Waals surface area contributed by atoms with E-state index in [-0.39, 0.29) is 18.4 Å². The number of nitrogens with zero attached hydrogens (tertiary/aromatic N) is 1. The Kier molecular flexibility index (Phi) is 7.08. The first-order chi connectivity index (χ1) is 12.0. The van der Waals surface area contributed by atoms with Crippen molar-refractivity contribution in [3.8, 4) is 5.75 Å². The van der Waals surface area contributed by atoms with Crippen molar-refractivity contribution < 1.29 is 19.4 Å². The average Bonchev–Trinajstić information content (AvgIpc) is 2.83. The molecule has 0 bridgehead atoms. The van der Waals surface area contributed by atoms with Crippen LogP contribution in [0, 0.1) is 5.92 Å². The number of amides is 2. The maximum Gasteiger partial charge on any atom is 0.267 e. The molecular weight excluding hydrogens is 338 g/mol. The summed E-state index contributed by atoms with van der Waals surface area (Å²) in [5.41, 5.74) is 1.13. The Hall–Kier alpha value is -1.79. The number of imide groups is 1. The minimum atomic E-state index is -0.263. The third kappa shape index (κ3) is 4.64. The van der Waals surface area contributed by atoms with Crippen molar-refractivity contribution in [3.63, 3.8) is 0 Å². The average molecular weight is 363 g/mol. The molecule has 0 saturated heterocycles. The number of rotatable bonds is 9. The Morgan fingerprint density at radius 1 is 1.16 bits per heavy atom. The molecule has 1 N–H and O–H groups in total. The summed E-state index contributed by atoms with van der Waals surface area (Å²) in [7, 11) is 0. The highest BCUT2D eigenvalue weighted by Gasteiger charge is 2.38. The summed E-state index contributed by atoms with van der Waals surface area (Å²) in [6.45, 7) is 7.07. The molecule has 0 unspecified atom stereocenters. The number of ether oxygens (including phenoxy) is 1. The highest BCUT2D eigenvalue weighted by atomic mass is 32.2. The molecule has 1 aliphatic heterocycles. The van der Waals surface area contributed by atoms with Crippen LogP contribution in [0.2, 0.25) is 0 Å². The van der Waals surface area contributed by atoms with Gasteiger partial charge in [-0.2, -0.15) is 0 Å². The van der Waals surface area contributed by atoms with Gasteiger partial charge in [0.05, 0.1) is 23.7 Å². The van der Waals surface area contributed by atoms with Crippen molar-refractivity contribution in [2.45, 2.75) is 27.2 Å². The van der Waals surface area contributed by atoms with Crippen LogP contribution in [0.4, 0.5) is 0 Å². The van der Waals surface area contributed by atoms with Gasteiger partial charge in [0.15, 0.2) is 0 Å². The molecule has 1 aromatic rings. The van der Waals surface area contributed by atoms with Crippen LogP contribution in [-0.4, -0.2) is 47.3 Å². The van der Waals surface area contributed by atoms with Crippen molar-refractivity contribution in [2.24, 2.45) is 5.92 Å². The molecule has 0 saturated carbocycles. The van der Waals surface area contributed by atoms with Crippen LogP contribution in [-0.2, 0) is 9.59 Å². The van der Waals surface area contributed by atoms with Crippen LogP contribution in [0.15, 0.2) is 29.2 Å². The Morgan fingerprint density at radius 3 is 2.40 bits per heavy atom. The van der Waals surface area contributed by atoms with Gasteiger partial charge in [0.1, 0.15) is 5.75 Å². The van der Waals surface area contributed by atoms with E-state index in [9.17, 15) is 9.59 Å². The van der Waals surface area contributed by atoms with Crippen molar-refractivity contribution in [3.05, 3.63) is 34.7 Å². The van der Waals surface area contributed by atoms with Crippen LogP contribution in [0.3, 0.4) is 0 Å². The predicted molar refractivity (Wildman–Crippen MR) is 100 cm³/mol. The Labute approximate surface area is 153 Å². The van der Waals surface area contributed by atoms with Crippen molar-refractivity contribution in [1.29, 1.82) is 0 Å². The number of hydrogen-bond donors (Lipinski definition) is 1. The minimum absolute atomic E-state index is 0.0430. The van der Waals surface area contributed by atoms with Crippen LogP contribution < -0.4 is 4.74 Å². The predicted octanol–water partition coefficient (Wildman–Crippen LogP) is 2.94. The lowest BCUT2D eigenvalue weighted by atomic mass is 10.1. The molecule has 1 aromatic carbocycles. The number of aliphatic hydroxyl groups is 1. The Balaban J connectivity index is 2.29. The number of carbonyl (C=O) groups is 2. The van der Waals surface area contributed by atoms with E-state index in [2.05, 4.69) is 13.8 Å². The summed E-state index contributed by atoms with van der Waals surface area (Å²) < 4.78 is 5.67. The molecule has 0 radical (unpaired) electrons. The number of thioether (sulfide) groups is 1. The molecule has 136 valence electrons. The zero-order valence-corrected chi connectivity index (χ0v) is 15.8. The normalized spacial score (nSPS) is 14.8. The van der Waals surface area contributed by atoms with E-state index >= 15 is 0 Å². The van der Waals surface area contributed by atoms with Gasteiger partial charge in [-0.15, -0.1) is 11.8 Å². The summed E-state index contributed by atoms with van der Waals surface area (Å²) in [5, 5.41) is 9.08. The molecule has 0 aromatic heterocycles. The fourth-order valence-corrected chi connectivity index (χ4v) is 3.38. The second-order valence-corrected chi connectivity index (χ2v) is 7.37. The zero-order chi connectivity index (χ0) is 18.4. The highest BCUT2D eigenvalue weighted by Crippen LogP contribution is 2.36. The molecule has 0 fully saturated rings. The van der Waals surface area contributed by atoms with E-state index in [1.54, 1.807) is 0 Å². The van der Waals surface area contributed by atoms with Gasteiger partial charge in [0.2, 0.25) is 0 Å². The third-order valence-corrected chi connectivity index (χ3v) is 4.69. The van der Waals surface area contributed by atoms with Gasteiger partial charge in [-0.05, 0) is 30.0 Å². The first-order valence-corrected chi connectivity index (χ1v) is 9.55. The van der Waals surface area contributed by atoms with Gasteiger partial charge >= 0.3 is 0 Å². The van der Waals surface area contributed by atoms with Gasteiger partial charge in [0, 0.05) is 12.3 Å². The summed E-state index contributed by atoms with van der Waals surface area (Å²) in [5.74, 6) is 1.03. The lowest BCUT2D eigenvalue weighted by molar-refractivity contribution is -0.136. The summed E-state index contributed by atoms with van der Waals surface area (Å²) >= 11 is 1.23. The maximum atomic E-state index is 12.7. The number of aliphatic hydroxyl groups excluding tert-OH is 1. The zero-order valence-electron chi connectivity index (χ0n) is 14.9. The van der Waals surface area contributed by atoms with E-state index in [4.69, 9.17) is 9.84 Å². The molecule has 0 spiro atoms. The Bertz CT molecular complexity index is 652. The molecule has 2 rings (SSSR count). The summed E-state index contributed by atoms with van der Waals surface area (Å²) in [6.07, 6.45) is 0.713. The van der Waals surface area contributed by atoms with Gasteiger partial charge in [-0.3, -0.25) is 14.5 Å². The third-order valence-electron chi connectivity index (χ3n) is 3.64. The summed E-state index contributed by atoms with van der Waals surface area (Å²) in [4.78, 5) is 27.0. The second kappa shape index (κ2) is 9.06. The van der Waals surface area contributed by atoms with Gasteiger partial charge in [-0.1, -0.05) is 32.9 Å². The van der Waals surface area contributed by atoms with Crippen molar-refractivity contribution >= 4 is 29.1 Å². The largest absolute Gasteiger partial charge is 0.493 e. The SMILES string of the molecule is CCCN1C(=O)C(SCCO)=C(c2ccc(OCC(C)C)cc2)C1=O. The van der Waals surface area contributed by atoms with E-state index in [1.807, 2.05) is 31.2 Å². The number of hydrogen-bond acceptors (Lipinski definition) is 5. The fraction of sp³-hybridized carbons (Fsp3) is 0.474. The number of benzene rings is 1. The number of carbonyl (C=O) groups excluding carboxylic acids is 2. The van der Waals surface area contributed by atoms with E-state index in [0.717, 1.165) is 5.75 Å². The standard InChI is InChI=1S/C19H25NO4S/c1-4-9-20-18(22)16(17(19(20)23)25-11-10-21)14-5-7-15(8-6-14)24-12-13(2)3/h5-8,13,21H,4,9-12H2,1-3H3. The van der Waals surface area contributed by atoms with Gasteiger partial charge in [-0.25, -0.2) is 0 Å². The van der Waals surface area contributed by atoms with E-state index < -0.39 is 0 Å². The monoisotopic (exact) mass is 363 g/mol. The minimum Gasteiger partial charge on any atom is -0.493 e. The quantitative estimate of drug-likeness (QED) is 0.683.